The van der Waals surface area contributed by atoms with Gasteiger partial charge in [-0.05, 0) is 54.8 Å². The van der Waals surface area contributed by atoms with E-state index in [2.05, 4.69) is 5.32 Å². The standard InChI is InChI=1S/C20H23ClN2O2/c1-13-11-17(21)9-10-18(13)15-5-7-16(8-6-15)20(25)23(4)14(2)12-19(24)22-3/h5-11,14H,12H2,1-4H3,(H,22,24). The summed E-state index contributed by atoms with van der Waals surface area (Å²) >= 11 is 6.00. The molecule has 132 valence electrons. The molecule has 2 amide bonds. The molecule has 1 unspecified atom stereocenters. The summed E-state index contributed by atoms with van der Waals surface area (Å²) in [5.74, 6) is -0.184. The van der Waals surface area contributed by atoms with Gasteiger partial charge < -0.3 is 10.2 Å². The normalized spacial score (nSPS) is 11.7. The van der Waals surface area contributed by atoms with Crippen molar-refractivity contribution in [2.45, 2.75) is 26.3 Å². The first-order valence-electron chi connectivity index (χ1n) is 8.17. The third-order valence-corrected chi connectivity index (χ3v) is 4.61. The zero-order chi connectivity index (χ0) is 18.6. The van der Waals surface area contributed by atoms with Crippen molar-refractivity contribution >= 4 is 23.4 Å². The van der Waals surface area contributed by atoms with Crippen LogP contribution in [-0.4, -0.2) is 36.9 Å². The molecule has 1 N–H and O–H groups in total. The van der Waals surface area contributed by atoms with Gasteiger partial charge in [-0.1, -0.05) is 29.8 Å². The van der Waals surface area contributed by atoms with E-state index >= 15 is 0 Å². The highest BCUT2D eigenvalue weighted by Crippen LogP contribution is 2.26. The molecule has 2 rings (SSSR count). The largest absolute Gasteiger partial charge is 0.359 e. The molecule has 0 aromatic heterocycles. The van der Waals surface area contributed by atoms with Gasteiger partial charge in [-0.2, -0.15) is 0 Å². The summed E-state index contributed by atoms with van der Waals surface area (Å²) < 4.78 is 0. The number of halogens is 1. The SMILES string of the molecule is CNC(=O)CC(C)N(C)C(=O)c1ccc(-c2ccc(Cl)cc2C)cc1. The van der Waals surface area contributed by atoms with Crippen LogP contribution in [0.4, 0.5) is 0 Å². The number of nitrogens with one attached hydrogen (secondary N) is 1. The fourth-order valence-electron chi connectivity index (χ4n) is 2.65. The van der Waals surface area contributed by atoms with Crippen LogP contribution in [0, 0.1) is 6.92 Å². The Kier molecular flexibility index (Phi) is 6.21. The lowest BCUT2D eigenvalue weighted by molar-refractivity contribution is -0.121. The van der Waals surface area contributed by atoms with Gasteiger partial charge in [-0.25, -0.2) is 0 Å². The van der Waals surface area contributed by atoms with E-state index < -0.39 is 0 Å². The second kappa shape index (κ2) is 8.17. The van der Waals surface area contributed by atoms with E-state index in [0.29, 0.717) is 10.6 Å². The van der Waals surface area contributed by atoms with Crippen molar-refractivity contribution in [2.75, 3.05) is 14.1 Å². The van der Waals surface area contributed by atoms with Gasteiger partial charge in [-0.15, -0.1) is 0 Å². The van der Waals surface area contributed by atoms with Crippen molar-refractivity contribution in [3.63, 3.8) is 0 Å². The summed E-state index contributed by atoms with van der Waals surface area (Å²) in [7, 11) is 3.31. The van der Waals surface area contributed by atoms with Crippen LogP contribution in [0.2, 0.25) is 5.02 Å². The summed E-state index contributed by atoms with van der Waals surface area (Å²) in [6.07, 6.45) is 0.279. The first-order valence-corrected chi connectivity index (χ1v) is 8.55. The highest BCUT2D eigenvalue weighted by molar-refractivity contribution is 6.30. The molecule has 0 saturated heterocycles. The number of amides is 2. The summed E-state index contributed by atoms with van der Waals surface area (Å²) in [6, 6.07) is 13.1. The van der Waals surface area contributed by atoms with Gasteiger partial charge >= 0.3 is 0 Å². The van der Waals surface area contributed by atoms with E-state index in [1.807, 2.05) is 56.3 Å². The highest BCUT2D eigenvalue weighted by atomic mass is 35.5. The molecule has 0 fully saturated rings. The molecule has 25 heavy (non-hydrogen) atoms. The average Bonchev–Trinajstić information content (AvgIpc) is 2.60. The minimum absolute atomic E-state index is 0.0827. The van der Waals surface area contributed by atoms with Crippen LogP contribution in [0.5, 0.6) is 0 Å². The Balaban J connectivity index is 2.16. The third kappa shape index (κ3) is 4.60. The number of hydrogen-bond donors (Lipinski definition) is 1. The quantitative estimate of drug-likeness (QED) is 0.880. The van der Waals surface area contributed by atoms with Gasteiger partial charge in [-0.3, -0.25) is 9.59 Å². The van der Waals surface area contributed by atoms with E-state index in [4.69, 9.17) is 11.6 Å². The molecule has 2 aromatic rings. The molecular weight excluding hydrogens is 336 g/mol. The Bertz CT molecular complexity index is 772. The Morgan fingerprint density at radius 2 is 1.80 bits per heavy atom. The number of rotatable bonds is 5. The molecule has 1 atom stereocenters. The van der Waals surface area contributed by atoms with Crippen LogP contribution in [0.1, 0.15) is 29.3 Å². The van der Waals surface area contributed by atoms with Gasteiger partial charge in [0.2, 0.25) is 5.91 Å². The Morgan fingerprint density at radius 3 is 2.36 bits per heavy atom. The van der Waals surface area contributed by atoms with Gasteiger partial charge in [0.05, 0.1) is 0 Å². The number of nitrogens with zero attached hydrogens (tertiary/aromatic N) is 1. The van der Waals surface area contributed by atoms with Gasteiger partial charge in [0.1, 0.15) is 0 Å². The predicted molar refractivity (Wildman–Crippen MR) is 102 cm³/mol. The van der Waals surface area contributed by atoms with E-state index in [9.17, 15) is 9.59 Å². The summed E-state index contributed by atoms with van der Waals surface area (Å²) in [6.45, 7) is 3.87. The van der Waals surface area contributed by atoms with E-state index in [1.165, 1.54) is 0 Å². The molecule has 0 spiro atoms. The molecule has 0 aliphatic rings. The van der Waals surface area contributed by atoms with Gasteiger partial charge in [0.15, 0.2) is 0 Å². The fourth-order valence-corrected chi connectivity index (χ4v) is 2.88. The lowest BCUT2D eigenvalue weighted by atomic mass is 9.99. The third-order valence-electron chi connectivity index (χ3n) is 4.37. The average molecular weight is 359 g/mol. The summed E-state index contributed by atoms with van der Waals surface area (Å²) in [5.41, 5.74) is 3.81. The molecule has 0 aliphatic heterocycles. The van der Waals surface area contributed by atoms with Crippen molar-refractivity contribution < 1.29 is 9.59 Å². The molecule has 0 heterocycles. The molecule has 0 bridgehead atoms. The van der Waals surface area contributed by atoms with Crippen LogP contribution in [0.25, 0.3) is 11.1 Å². The zero-order valence-corrected chi connectivity index (χ0v) is 15.7. The predicted octanol–water partition coefficient (Wildman–Crippen LogP) is 3.91. The highest BCUT2D eigenvalue weighted by Gasteiger charge is 2.19. The second-order valence-electron chi connectivity index (χ2n) is 6.18. The topological polar surface area (TPSA) is 49.4 Å². The molecule has 4 nitrogen and oxygen atoms in total. The number of aryl methyl sites for hydroxylation is 1. The van der Waals surface area contributed by atoms with Gasteiger partial charge in [0, 0.05) is 37.1 Å². The number of hydrogen-bond acceptors (Lipinski definition) is 2. The Hall–Kier alpha value is -2.33. The first kappa shape index (κ1) is 19.0. The number of carbonyl (C=O) groups excluding carboxylic acids is 2. The van der Waals surface area contributed by atoms with Crippen LogP contribution in [-0.2, 0) is 4.79 Å². The summed E-state index contributed by atoms with van der Waals surface area (Å²) in [4.78, 5) is 25.7. The summed E-state index contributed by atoms with van der Waals surface area (Å²) in [5, 5.41) is 3.29. The monoisotopic (exact) mass is 358 g/mol. The fraction of sp³-hybridized carbons (Fsp3) is 0.300. The smallest absolute Gasteiger partial charge is 0.253 e. The zero-order valence-electron chi connectivity index (χ0n) is 15.0. The van der Waals surface area contributed by atoms with Crippen molar-refractivity contribution in [2.24, 2.45) is 0 Å². The van der Waals surface area contributed by atoms with Crippen molar-refractivity contribution in [3.05, 3.63) is 58.6 Å². The van der Waals surface area contributed by atoms with Crippen molar-refractivity contribution in [3.8, 4) is 11.1 Å². The molecule has 2 aromatic carbocycles. The molecule has 0 aliphatic carbocycles. The molecule has 0 radical (unpaired) electrons. The van der Waals surface area contributed by atoms with Crippen molar-refractivity contribution in [1.29, 1.82) is 0 Å². The Labute approximate surface area is 153 Å². The van der Waals surface area contributed by atoms with E-state index in [-0.39, 0.29) is 24.3 Å². The van der Waals surface area contributed by atoms with Crippen LogP contribution < -0.4 is 5.32 Å². The molecule has 5 heteroatoms. The Morgan fingerprint density at radius 1 is 1.16 bits per heavy atom. The van der Waals surface area contributed by atoms with Crippen LogP contribution in [0.15, 0.2) is 42.5 Å². The van der Waals surface area contributed by atoms with E-state index in [1.54, 1.807) is 19.0 Å². The first-order chi connectivity index (χ1) is 11.8. The maximum Gasteiger partial charge on any atom is 0.253 e. The lowest BCUT2D eigenvalue weighted by Gasteiger charge is -2.24. The number of carbonyl (C=O) groups is 2. The maximum absolute atomic E-state index is 12.6. The minimum Gasteiger partial charge on any atom is -0.359 e. The van der Waals surface area contributed by atoms with Gasteiger partial charge in [0.25, 0.3) is 5.91 Å². The van der Waals surface area contributed by atoms with Crippen molar-refractivity contribution in [1.82, 2.24) is 10.2 Å². The van der Waals surface area contributed by atoms with E-state index in [0.717, 1.165) is 16.7 Å². The van der Waals surface area contributed by atoms with Crippen LogP contribution in [0.3, 0.4) is 0 Å². The molecule has 0 saturated carbocycles. The molecular formula is C20H23ClN2O2. The minimum atomic E-state index is -0.175. The van der Waals surface area contributed by atoms with Crippen LogP contribution >= 0.6 is 11.6 Å². The lowest BCUT2D eigenvalue weighted by Crippen LogP contribution is -2.38. The maximum atomic E-state index is 12.6. The second-order valence-corrected chi connectivity index (χ2v) is 6.62. The number of benzene rings is 2.